The Morgan fingerprint density at radius 3 is 2.33 bits per heavy atom. The summed E-state index contributed by atoms with van der Waals surface area (Å²) in [5.41, 5.74) is 2.19. The van der Waals surface area contributed by atoms with Crippen LogP contribution in [0.5, 0.6) is 0 Å². The van der Waals surface area contributed by atoms with E-state index in [9.17, 15) is 14.9 Å². The minimum atomic E-state index is -0.318. The standard InChI is InChI=1S/C17H20N4O2.C5H10O2/c22-21(23)17-15(19-13-14-5-2-1-3-6-14)7-4-8-16(17)20-11-9-18-10-12-20;1-5(2,3)7-4-6/h1-8,18-19H,9-13H2;4H,1-3H3. The maximum absolute atomic E-state index is 11.6. The van der Waals surface area contributed by atoms with Gasteiger partial charge >= 0.3 is 5.69 Å². The van der Waals surface area contributed by atoms with Crippen LogP contribution in [0.1, 0.15) is 26.3 Å². The molecule has 0 amide bonds. The molecule has 2 N–H and O–H groups in total. The molecular formula is C22H30N4O4. The van der Waals surface area contributed by atoms with Gasteiger partial charge in [-0.1, -0.05) is 36.4 Å². The number of nitrogens with one attached hydrogen (secondary N) is 2. The number of hydrogen-bond donors (Lipinski definition) is 2. The molecule has 1 aliphatic heterocycles. The maximum Gasteiger partial charge on any atom is 0.315 e. The van der Waals surface area contributed by atoms with Crippen LogP contribution >= 0.6 is 0 Å². The molecule has 30 heavy (non-hydrogen) atoms. The van der Waals surface area contributed by atoms with E-state index < -0.39 is 0 Å². The van der Waals surface area contributed by atoms with Crippen molar-refractivity contribution < 1.29 is 14.5 Å². The Labute approximate surface area is 177 Å². The molecule has 0 aromatic heterocycles. The van der Waals surface area contributed by atoms with Gasteiger partial charge in [0, 0.05) is 32.7 Å². The van der Waals surface area contributed by atoms with Gasteiger partial charge in [-0.15, -0.1) is 0 Å². The third-order valence-corrected chi connectivity index (χ3v) is 4.38. The third-order valence-electron chi connectivity index (χ3n) is 4.38. The molecule has 0 radical (unpaired) electrons. The number of para-hydroxylation sites is 1. The lowest BCUT2D eigenvalue weighted by Crippen LogP contribution is -2.43. The van der Waals surface area contributed by atoms with Crippen LogP contribution < -0.4 is 15.5 Å². The molecule has 162 valence electrons. The van der Waals surface area contributed by atoms with Crippen LogP contribution in [0.3, 0.4) is 0 Å². The summed E-state index contributed by atoms with van der Waals surface area (Å²) in [6.07, 6.45) is 0. The van der Waals surface area contributed by atoms with E-state index in [0.717, 1.165) is 31.7 Å². The summed E-state index contributed by atoms with van der Waals surface area (Å²) in [6, 6.07) is 15.3. The van der Waals surface area contributed by atoms with Crippen molar-refractivity contribution in [3.8, 4) is 0 Å². The van der Waals surface area contributed by atoms with Crippen LogP contribution in [0.2, 0.25) is 0 Å². The number of rotatable bonds is 6. The largest absolute Gasteiger partial charge is 0.462 e. The zero-order valence-electron chi connectivity index (χ0n) is 17.8. The van der Waals surface area contributed by atoms with Crippen LogP contribution in [-0.4, -0.2) is 43.2 Å². The Bertz CT molecular complexity index is 816. The van der Waals surface area contributed by atoms with Crippen LogP contribution in [0.15, 0.2) is 48.5 Å². The van der Waals surface area contributed by atoms with Gasteiger partial charge in [-0.3, -0.25) is 14.9 Å². The number of ether oxygens (including phenoxy) is 1. The number of nitro benzene ring substituents is 1. The monoisotopic (exact) mass is 414 g/mol. The van der Waals surface area contributed by atoms with E-state index in [0.29, 0.717) is 24.4 Å². The molecule has 0 saturated carbocycles. The molecule has 0 bridgehead atoms. The zero-order valence-corrected chi connectivity index (χ0v) is 17.8. The molecule has 1 saturated heterocycles. The van der Waals surface area contributed by atoms with Gasteiger partial charge in [-0.2, -0.15) is 0 Å². The summed E-state index contributed by atoms with van der Waals surface area (Å²) >= 11 is 0. The zero-order chi connectivity index (χ0) is 22.0. The highest BCUT2D eigenvalue weighted by molar-refractivity contribution is 5.77. The van der Waals surface area contributed by atoms with Crippen molar-refractivity contribution in [2.24, 2.45) is 0 Å². The number of piperazine rings is 1. The number of hydrogen-bond acceptors (Lipinski definition) is 7. The van der Waals surface area contributed by atoms with E-state index in [1.54, 1.807) is 6.07 Å². The minimum Gasteiger partial charge on any atom is -0.462 e. The molecule has 2 aromatic rings. The first-order chi connectivity index (χ1) is 14.3. The number of carbonyl (C=O) groups excluding carboxylic acids is 1. The predicted molar refractivity (Wildman–Crippen MR) is 119 cm³/mol. The molecule has 1 heterocycles. The molecule has 0 atom stereocenters. The second-order valence-electron chi connectivity index (χ2n) is 7.83. The van der Waals surface area contributed by atoms with Crippen molar-refractivity contribution >= 4 is 23.5 Å². The Kier molecular flexibility index (Phi) is 8.61. The summed E-state index contributed by atoms with van der Waals surface area (Å²) in [5.74, 6) is 0. The number of anilines is 2. The van der Waals surface area contributed by atoms with E-state index in [1.807, 2.05) is 63.2 Å². The summed E-state index contributed by atoms with van der Waals surface area (Å²) < 4.78 is 4.55. The van der Waals surface area contributed by atoms with Crippen molar-refractivity contribution in [2.75, 3.05) is 36.4 Å². The first kappa shape index (κ1) is 23.2. The molecule has 8 heteroatoms. The second kappa shape index (κ2) is 11.2. The minimum absolute atomic E-state index is 0.158. The molecular weight excluding hydrogens is 384 g/mol. The highest BCUT2D eigenvalue weighted by Gasteiger charge is 2.24. The highest BCUT2D eigenvalue weighted by Crippen LogP contribution is 2.35. The number of nitrogens with zero attached hydrogens (tertiary/aromatic N) is 2. The lowest BCUT2D eigenvalue weighted by atomic mass is 10.1. The van der Waals surface area contributed by atoms with Gasteiger partial charge in [0.1, 0.15) is 17.0 Å². The average molecular weight is 415 g/mol. The fourth-order valence-corrected chi connectivity index (χ4v) is 2.96. The summed E-state index contributed by atoms with van der Waals surface area (Å²) in [4.78, 5) is 23.0. The fraction of sp³-hybridized carbons (Fsp3) is 0.409. The quantitative estimate of drug-likeness (QED) is 0.424. The van der Waals surface area contributed by atoms with Crippen molar-refractivity contribution in [3.63, 3.8) is 0 Å². The van der Waals surface area contributed by atoms with Crippen LogP contribution in [0.25, 0.3) is 0 Å². The van der Waals surface area contributed by atoms with Crippen molar-refractivity contribution in [1.29, 1.82) is 0 Å². The Hall–Kier alpha value is -3.13. The van der Waals surface area contributed by atoms with E-state index in [4.69, 9.17) is 0 Å². The topological polar surface area (TPSA) is 96.7 Å². The summed E-state index contributed by atoms with van der Waals surface area (Å²) in [7, 11) is 0. The van der Waals surface area contributed by atoms with Crippen molar-refractivity contribution in [1.82, 2.24) is 5.32 Å². The predicted octanol–water partition coefficient (Wildman–Crippen LogP) is 3.57. The third kappa shape index (κ3) is 7.36. The van der Waals surface area contributed by atoms with Crippen LogP contribution in [-0.2, 0) is 16.1 Å². The van der Waals surface area contributed by atoms with E-state index in [-0.39, 0.29) is 16.2 Å². The van der Waals surface area contributed by atoms with Gasteiger partial charge in [-0.25, -0.2) is 0 Å². The van der Waals surface area contributed by atoms with Gasteiger partial charge in [0.25, 0.3) is 6.47 Å². The number of carbonyl (C=O) groups is 1. The second-order valence-corrected chi connectivity index (χ2v) is 7.83. The van der Waals surface area contributed by atoms with Gasteiger partial charge < -0.3 is 20.3 Å². The van der Waals surface area contributed by atoms with E-state index >= 15 is 0 Å². The molecule has 3 rings (SSSR count). The first-order valence-corrected chi connectivity index (χ1v) is 9.94. The SMILES string of the molecule is CC(C)(C)OC=O.O=[N+]([O-])c1c(NCc2ccccc2)cccc1N1CCNCC1. The molecule has 0 unspecified atom stereocenters. The lowest BCUT2D eigenvalue weighted by Gasteiger charge is -2.29. The maximum atomic E-state index is 11.6. The number of benzene rings is 2. The normalized spacial score (nSPS) is 13.6. The van der Waals surface area contributed by atoms with Crippen molar-refractivity contribution in [2.45, 2.75) is 32.9 Å². The van der Waals surface area contributed by atoms with E-state index in [1.165, 1.54) is 0 Å². The molecule has 8 nitrogen and oxygen atoms in total. The molecule has 1 aliphatic rings. The summed E-state index contributed by atoms with van der Waals surface area (Å²) in [5, 5.41) is 18.1. The molecule has 0 spiro atoms. The first-order valence-electron chi connectivity index (χ1n) is 9.94. The van der Waals surface area contributed by atoms with E-state index in [2.05, 4.69) is 20.3 Å². The smallest absolute Gasteiger partial charge is 0.315 e. The van der Waals surface area contributed by atoms with Crippen molar-refractivity contribution in [3.05, 3.63) is 64.2 Å². The Morgan fingerprint density at radius 2 is 1.80 bits per heavy atom. The fourth-order valence-electron chi connectivity index (χ4n) is 2.96. The molecule has 1 fully saturated rings. The average Bonchev–Trinajstić information content (AvgIpc) is 2.73. The Balaban J connectivity index is 0.000000396. The molecule has 2 aromatic carbocycles. The van der Waals surface area contributed by atoms with Gasteiger partial charge in [0.15, 0.2) is 0 Å². The van der Waals surface area contributed by atoms with Crippen LogP contribution in [0, 0.1) is 10.1 Å². The summed E-state index contributed by atoms with van der Waals surface area (Å²) in [6.45, 7) is 9.74. The Morgan fingerprint density at radius 1 is 1.13 bits per heavy atom. The van der Waals surface area contributed by atoms with Crippen LogP contribution in [0.4, 0.5) is 17.1 Å². The van der Waals surface area contributed by atoms with Gasteiger partial charge in [0.05, 0.1) is 4.92 Å². The van der Waals surface area contributed by atoms with Gasteiger partial charge in [-0.05, 0) is 38.5 Å². The highest BCUT2D eigenvalue weighted by atomic mass is 16.6. The molecule has 0 aliphatic carbocycles. The lowest BCUT2D eigenvalue weighted by molar-refractivity contribution is -0.383. The van der Waals surface area contributed by atoms with Gasteiger partial charge in [0.2, 0.25) is 0 Å². The number of nitro groups is 1.